The van der Waals surface area contributed by atoms with Crippen molar-refractivity contribution < 1.29 is 47.6 Å². The zero-order valence-corrected chi connectivity index (χ0v) is 22.3. The van der Waals surface area contributed by atoms with E-state index in [1.807, 2.05) is 54.6 Å². The van der Waals surface area contributed by atoms with Crippen molar-refractivity contribution in [3.8, 4) is 46.0 Å². The molecule has 0 aliphatic heterocycles. The second-order valence-corrected chi connectivity index (χ2v) is 8.74. The summed E-state index contributed by atoms with van der Waals surface area (Å²) in [5.74, 6) is 0. The summed E-state index contributed by atoms with van der Waals surface area (Å²) in [5, 5.41) is 14.6. The average molecular weight is 644 g/mol. The van der Waals surface area contributed by atoms with E-state index in [1.54, 1.807) is 24.5 Å². The van der Waals surface area contributed by atoms with E-state index in [2.05, 4.69) is 34.2 Å². The fourth-order valence-corrected chi connectivity index (χ4v) is 2.62. The van der Waals surface area contributed by atoms with Crippen LogP contribution in [0, 0.1) is 22.7 Å². The van der Waals surface area contributed by atoms with Crippen molar-refractivity contribution in [2.45, 2.75) is 13.8 Å². The van der Waals surface area contributed by atoms with Crippen molar-refractivity contribution in [2.75, 3.05) is 0 Å². The minimum absolute atomic E-state index is 0. The Kier molecular flexibility index (Phi) is 13.0. The molecule has 3 aromatic heterocycles. The molecule has 13 heteroatoms. The number of hydrogen-bond acceptors (Lipinski definition) is 5. The van der Waals surface area contributed by atoms with E-state index in [-0.39, 0.29) is 22.4 Å². The van der Waals surface area contributed by atoms with Gasteiger partial charge < -0.3 is 0 Å². The summed E-state index contributed by atoms with van der Waals surface area (Å²) in [5.41, 5.74) is 5.65. The summed E-state index contributed by atoms with van der Waals surface area (Å²) in [6.45, 7) is 2.86. The summed E-state index contributed by atoms with van der Waals surface area (Å²) in [4.78, 5) is 13.6. The first kappa shape index (κ1) is 34.4. The molecule has 0 aliphatic carbocycles. The van der Waals surface area contributed by atoms with Crippen LogP contribution in [0.4, 0.5) is 25.2 Å². The quantitative estimate of drug-likeness (QED) is 0.126. The molecule has 3 heterocycles. The van der Waals surface area contributed by atoms with Crippen LogP contribution < -0.4 is 0 Å². The van der Waals surface area contributed by atoms with Gasteiger partial charge in [-0.3, -0.25) is 9.97 Å². The van der Waals surface area contributed by atoms with Crippen LogP contribution in [0.25, 0.3) is 33.9 Å². The fraction of sp³-hybridized carbons (Fsp3) is 0.0800. The third-order valence-electron chi connectivity index (χ3n) is 3.79. The van der Waals surface area contributed by atoms with E-state index in [0.29, 0.717) is 0 Å². The molecule has 0 aliphatic rings. The second-order valence-electron chi connectivity index (χ2n) is 6.83. The van der Waals surface area contributed by atoms with Crippen LogP contribution in [-0.4, -0.2) is 15.0 Å². The molecule has 0 saturated carbocycles. The fourth-order valence-electron chi connectivity index (χ4n) is 2.62. The van der Waals surface area contributed by atoms with Gasteiger partial charge in [0.15, 0.2) is 0 Å². The Morgan fingerprint density at radius 3 is 1.24 bits per heavy atom. The Labute approximate surface area is 231 Å². The van der Waals surface area contributed by atoms with Crippen molar-refractivity contribution in [3.63, 3.8) is 0 Å². The summed E-state index contributed by atoms with van der Waals surface area (Å²) in [7, 11) is -10.7. The maximum absolute atomic E-state index is 10.7. The predicted octanol–water partition coefficient (Wildman–Crippen LogP) is 9.31. The predicted molar refractivity (Wildman–Crippen MR) is 132 cm³/mol. The van der Waals surface area contributed by atoms with Gasteiger partial charge in [-0.05, 0) is 47.5 Å². The molecule has 0 saturated heterocycles. The Bertz CT molecular complexity index is 1180. The van der Waals surface area contributed by atoms with E-state index in [9.17, 15) is 25.2 Å². The normalized spacial score (nSPS) is 11.3. The summed E-state index contributed by atoms with van der Waals surface area (Å²) < 4.78 is 59.2. The average Bonchev–Trinajstić information content (AvgIpc) is 2.84. The van der Waals surface area contributed by atoms with Crippen molar-refractivity contribution in [1.29, 1.82) is 10.5 Å². The maximum Gasteiger partial charge on any atom is 1.00 e. The second kappa shape index (κ2) is 14.4. The number of benzene rings is 1. The summed E-state index contributed by atoms with van der Waals surface area (Å²) in [6, 6.07) is 29.6. The number of nitrogens with zero attached hydrogens (tertiary/aromatic N) is 5. The molecule has 0 radical (unpaired) electrons. The number of nitriles is 2. The minimum atomic E-state index is -10.7. The molecule has 0 atom stereocenters. The summed E-state index contributed by atoms with van der Waals surface area (Å²) >= 11 is 0. The Morgan fingerprint density at radius 2 is 0.921 bits per heavy atom. The van der Waals surface area contributed by atoms with Gasteiger partial charge in [0.05, 0.1) is 34.9 Å². The van der Waals surface area contributed by atoms with E-state index in [0.717, 1.165) is 33.9 Å². The molecule has 0 unspecified atom stereocenters. The Hall–Kier alpha value is -3.60. The molecule has 204 valence electrons. The molecule has 0 N–H and O–H groups in total. The number of halogens is 6. The third kappa shape index (κ3) is 16.2. The van der Waals surface area contributed by atoms with Gasteiger partial charge in [0, 0.05) is 26.2 Å². The van der Waals surface area contributed by atoms with Crippen LogP contribution in [0.3, 0.4) is 0 Å². The smallest absolute Gasteiger partial charge is 0.255 e. The molecule has 0 amide bonds. The van der Waals surface area contributed by atoms with Crippen LogP contribution >= 0.6 is 7.81 Å². The molecule has 1 aromatic carbocycles. The molecule has 38 heavy (non-hydrogen) atoms. The molecule has 0 bridgehead atoms. The first-order chi connectivity index (χ1) is 17.2. The van der Waals surface area contributed by atoms with Crippen molar-refractivity contribution in [1.82, 2.24) is 15.0 Å². The van der Waals surface area contributed by atoms with E-state index < -0.39 is 7.81 Å². The molecule has 4 rings (SSSR count). The largest absolute Gasteiger partial charge is 1.00 e. The molecular weight excluding hydrogens is 623 g/mol. The molecule has 5 nitrogen and oxygen atoms in total. The zero-order valence-electron chi connectivity index (χ0n) is 19.9. The van der Waals surface area contributed by atoms with E-state index in [4.69, 9.17) is 15.5 Å². The monoisotopic (exact) mass is 643 g/mol. The van der Waals surface area contributed by atoms with Crippen molar-refractivity contribution in [2.24, 2.45) is 0 Å². The van der Waals surface area contributed by atoms with Crippen LogP contribution in [0.5, 0.6) is 0 Å². The Balaban J connectivity index is 0.000000827. The number of hydrogen-bond donors (Lipinski definition) is 0. The number of aromatic nitrogens is 3. The van der Waals surface area contributed by atoms with Gasteiger partial charge in [-0.1, -0.05) is 42.5 Å². The molecule has 0 fully saturated rings. The van der Waals surface area contributed by atoms with Gasteiger partial charge in [0.1, 0.15) is 0 Å². The molecule has 4 aromatic rings. The minimum Gasteiger partial charge on any atom is -0.255 e. The topological polar surface area (TPSA) is 86.2 Å². The van der Waals surface area contributed by atoms with Crippen molar-refractivity contribution >= 4 is 7.81 Å². The van der Waals surface area contributed by atoms with Gasteiger partial charge >= 0.3 is 55.4 Å². The zero-order chi connectivity index (χ0) is 28.0. The van der Waals surface area contributed by atoms with Gasteiger partial charge in [0.2, 0.25) is 0 Å². The number of rotatable bonds is 3. The maximum atomic E-state index is 9.87. The van der Waals surface area contributed by atoms with Crippen LogP contribution in [0.2, 0.25) is 0 Å². The van der Waals surface area contributed by atoms with Gasteiger partial charge in [-0.25, -0.2) is 4.98 Å². The first-order valence-corrected chi connectivity index (χ1v) is 12.3. The first-order valence-electron chi connectivity index (χ1n) is 10.3. The van der Waals surface area contributed by atoms with Crippen LogP contribution in [-0.2, 0) is 22.4 Å². The third-order valence-corrected chi connectivity index (χ3v) is 3.79. The van der Waals surface area contributed by atoms with E-state index in [1.165, 1.54) is 13.8 Å². The van der Waals surface area contributed by atoms with Crippen LogP contribution in [0.1, 0.15) is 13.8 Å². The van der Waals surface area contributed by atoms with Crippen LogP contribution in [0.15, 0.2) is 91.3 Å². The van der Waals surface area contributed by atoms with Crippen molar-refractivity contribution in [3.05, 3.63) is 91.3 Å². The van der Waals surface area contributed by atoms with Gasteiger partial charge in [-0.2, -0.15) is 10.5 Å². The molecular formula is C25H21AgF6N5P. The van der Waals surface area contributed by atoms with Gasteiger partial charge in [-0.15, -0.1) is 0 Å². The summed E-state index contributed by atoms with van der Waals surface area (Å²) in [6.07, 6.45) is 3.57. The SMILES string of the molecule is CC#N.CC#N.F[P-](F)(F)(F)(F)F.[Ag+].c1ccc(-c2cc(-c3ccccn3)nc(-c3ccccn3)c2)cc1. The van der Waals surface area contributed by atoms with E-state index >= 15 is 0 Å². The Morgan fingerprint density at radius 1 is 0.579 bits per heavy atom. The molecule has 0 spiro atoms. The number of pyridine rings is 3. The van der Waals surface area contributed by atoms with Gasteiger partial charge in [0.25, 0.3) is 0 Å². The standard InChI is InChI=1S/C21H15N3.2C2H3N.Ag.F6P/c1-2-8-16(9-3-1)17-14-20(18-10-4-6-12-22-18)24-21(15-17)19-11-5-7-13-23-19;2*1-2-3;;1-7(2,3,4,5)6/h1-15H;2*1H3;;/q;;;+1;-1.